The quantitative estimate of drug-likeness (QED) is 0.686. The van der Waals surface area contributed by atoms with Crippen LogP contribution < -0.4 is 17.0 Å². The molecular formula is C19H16N4O2S. The number of hydrogen-bond donors (Lipinski definition) is 2. The van der Waals surface area contributed by atoms with Crippen molar-refractivity contribution in [3.63, 3.8) is 0 Å². The molecule has 1 aliphatic carbocycles. The van der Waals surface area contributed by atoms with Gasteiger partial charge in [-0.05, 0) is 41.7 Å². The van der Waals surface area contributed by atoms with E-state index in [2.05, 4.69) is 22.2 Å². The molecule has 1 unspecified atom stereocenters. The molecule has 0 bridgehead atoms. The largest absolute Gasteiger partial charge is 0.392 e. The van der Waals surface area contributed by atoms with Crippen LogP contribution in [0.5, 0.6) is 0 Å². The van der Waals surface area contributed by atoms with Crippen molar-refractivity contribution in [1.29, 1.82) is 0 Å². The number of thiocarbonyl (C=S) groups is 1. The molecule has 1 aliphatic rings. The molecule has 6 nitrogen and oxygen atoms in total. The smallest absolute Gasteiger partial charge is 0.349 e. The number of H-pyrrole nitrogens is 1. The van der Waals surface area contributed by atoms with Gasteiger partial charge in [0.2, 0.25) is 0 Å². The fraction of sp³-hybridized carbons (Fsp3) is 0.158. The van der Waals surface area contributed by atoms with Crippen LogP contribution in [0.4, 0.5) is 0 Å². The lowest BCUT2D eigenvalue weighted by molar-refractivity contribution is 0.676. The van der Waals surface area contributed by atoms with Gasteiger partial charge in [-0.25, -0.2) is 4.79 Å². The van der Waals surface area contributed by atoms with E-state index in [9.17, 15) is 9.59 Å². The molecule has 0 spiro atoms. The van der Waals surface area contributed by atoms with Crippen LogP contribution in [0.3, 0.4) is 0 Å². The summed E-state index contributed by atoms with van der Waals surface area (Å²) in [4.78, 5) is 25.7. The molecule has 130 valence electrons. The Kier molecular flexibility index (Phi) is 3.81. The van der Waals surface area contributed by atoms with Crippen LogP contribution in [0.1, 0.15) is 23.1 Å². The molecule has 2 aromatic carbocycles. The van der Waals surface area contributed by atoms with E-state index in [0.717, 1.165) is 34.8 Å². The number of benzene rings is 2. The minimum atomic E-state index is -0.583. The standard InChI is InChI=1S/C19H16N4O2S/c20-17(26)19(10-9-12-3-1-2-4-15(12)19)13-5-7-14(8-6-13)23-18(25)22-16(24)11-21-23/h1-8,11H,9-10H2,(H2,20,26)(H,22,24,25). The Morgan fingerprint density at radius 3 is 2.58 bits per heavy atom. The van der Waals surface area contributed by atoms with Crippen molar-refractivity contribution in [2.45, 2.75) is 18.3 Å². The number of aryl methyl sites for hydroxylation is 1. The molecular weight excluding hydrogens is 348 g/mol. The van der Waals surface area contributed by atoms with E-state index in [1.165, 1.54) is 5.56 Å². The van der Waals surface area contributed by atoms with Gasteiger partial charge in [-0.2, -0.15) is 9.78 Å². The van der Waals surface area contributed by atoms with Crippen molar-refractivity contribution in [1.82, 2.24) is 14.8 Å². The minimum Gasteiger partial charge on any atom is -0.392 e. The van der Waals surface area contributed by atoms with Crippen LogP contribution in [-0.2, 0) is 11.8 Å². The maximum Gasteiger partial charge on any atom is 0.349 e. The maximum atomic E-state index is 11.9. The molecule has 0 aliphatic heterocycles. The summed E-state index contributed by atoms with van der Waals surface area (Å²) in [5.41, 5.74) is 8.50. The molecule has 26 heavy (non-hydrogen) atoms. The number of aromatic nitrogens is 3. The van der Waals surface area contributed by atoms with Crippen LogP contribution in [0.2, 0.25) is 0 Å². The monoisotopic (exact) mass is 364 g/mol. The molecule has 1 aromatic heterocycles. The summed E-state index contributed by atoms with van der Waals surface area (Å²) >= 11 is 5.46. The van der Waals surface area contributed by atoms with Crippen LogP contribution >= 0.6 is 12.2 Å². The summed E-state index contributed by atoms with van der Waals surface area (Å²) < 4.78 is 1.14. The first kappa shape index (κ1) is 16.4. The molecule has 4 rings (SSSR count). The van der Waals surface area contributed by atoms with E-state index in [1.807, 2.05) is 24.3 Å². The Hall–Kier alpha value is -3.06. The summed E-state index contributed by atoms with van der Waals surface area (Å²) in [6, 6.07) is 15.6. The number of hydrogen-bond acceptors (Lipinski definition) is 4. The maximum absolute atomic E-state index is 11.9. The summed E-state index contributed by atoms with van der Waals surface area (Å²) in [6.07, 6.45) is 2.80. The number of nitrogens with zero attached hydrogens (tertiary/aromatic N) is 2. The van der Waals surface area contributed by atoms with Crippen LogP contribution in [0.15, 0.2) is 64.3 Å². The Morgan fingerprint density at radius 2 is 1.88 bits per heavy atom. The zero-order valence-corrected chi connectivity index (χ0v) is 14.6. The lowest BCUT2D eigenvalue weighted by Gasteiger charge is -2.30. The van der Waals surface area contributed by atoms with Gasteiger partial charge in [0, 0.05) is 0 Å². The van der Waals surface area contributed by atoms with Gasteiger partial charge in [0.05, 0.1) is 16.1 Å². The van der Waals surface area contributed by atoms with Gasteiger partial charge in [-0.1, -0.05) is 48.6 Å². The van der Waals surface area contributed by atoms with Crippen molar-refractivity contribution in [3.8, 4) is 5.69 Å². The zero-order chi connectivity index (χ0) is 18.3. The Morgan fingerprint density at radius 1 is 1.15 bits per heavy atom. The molecule has 1 heterocycles. The highest BCUT2D eigenvalue weighted by molar-refractivity contribution is 7.80. The average Bonchev–Trinajstić information content (AvgIpc) is 3.03. The zero-order valence-electron chi connectivity index (χ0n) is 13.8. The van der Waals surface area contributed by atoms with Crippen molar-refractivity contribution in [3.05, 3.63) is 92.3 Å². The number of rotatable bonds is 3. The molecule has 7 heteroatoms. The highest BCUT2D eigenvalue weighted by Crippen LogP contribution is 2.44. The second kappa shape index (κ2) is 6.03. The lowest BCUT2D eigenvalue weighted by atomic mass is 9.75. The molecule has 0 radical (unpaired) electrons. The third-order valence-corrected chi connectivity index (χ3v) is 5.33. The molecule has 0 fully saturated rings. The number of aromatic amines is 1. The predicted molar refractivity (Wildman–Crippen MR) is 103 cm³/mol. The Bertz CT molecular complexity index is 1120. The normalized spacial score (nSPS) is 18.5. The highest BCUT2D eigenvalue weighted by atomic mass is 32.1. The highest BCUT2D eigenvalue weighted by Gasteiger charge is 2.42. The Labute approximate surface area is 154 Å². The third-order valence-electron chi connectivity index (χ3n) is 4.98. The van der Waals surface area contributed by atoms with Crippen LogP contribution in [0.25, 0.3) is 5.69 Å². The predicted octanol–water partition coefficient (Wildman–Crippen LogP) is 1.44. The van der Waals surface area contributed by atoms with Gasteiger partial charge in [0.15, 0.2) is 0 Å². The first-order chi connectivity index (χ1) is 12.5. The van der Waals surface area contributed by atoms with E-state index in [4.69, 9.17) is 18.0 Å². The average molecular weight is 364 g/mol. The fourth-order valence-electron chi connectivity index (χ4n) is 3.73. The minimum absolute atomic E-state index is 0.439. The Balaban J connectivity index is 1.82. The molecule has 3 N–H and O–H groups in total. The van der Waals surface area contributed by atoms with Crippen LogP contribution in [-0.4, -0.2) is 19.8 Å². The summed E-state index contributed by atoms with van der Waals surface area (Å²) in [6.45, 7) is 0. The van der Waals surface area contributed by atoms with Gasteiger partial charge in [-0.15, -0.1) is 0 Å². The van der Waals surface area contributed by atoms with Crippen molar-refractivity contribution < 1.29 is 0 Å². The number of nitrogens with two attached hydrogens (primary N) is 1. The SMILES string of the molecule is NC(=S)C1(c2ccc(-n3ncc(=O)[nH]c3=O)cc2)CCc2ccccc21. The first-order valence-electron chi connectivity index (χ1n) is 8.20. The van der Waals surface area contributed by atoms with Crippen molar-refractivity contribution in [2.24, 2.45) is 5.73 Å². The molecule has 1 atom stereocenters. The van der Waals surface area contributed by atoms with Gasteiger partial charge in [0.25, 0.3) is 5.56 Å². The van der Waals surface area contributed by atoms with Crippen molar-refractivity contribution >= 4 is 17.2 Å². The van der Waals surface area contributed by atoms with E-state index in [-0.39, 0.29) is 0 Å². The second-order valence-electron chi connectivity index (χ2n) is 6.32. The third kappa shape index (κ3) is 2.40. The van der Waals surface area contributed by atoms with E-state index >= 15 is 0 Å². The second-order valence-corrected chi connectivity index (χ2v) is 6.76. The van der Waals surface area contributed by atoms with Crippen molar-refractivity contribution in [2.75, 3.05) is 0 Å². The fourth-order valence-corrected chi connectivity index (χ4v) is 4.06. The first-order valence-corrected chi connectivity index (χ1v) is 8.61. The van der Waals surface area contributed by atoms with Gasteiger partial charge >= 0.3 is 5.69 Å². The molecule has 0 saturated carbocycles. The summed E-state index contributed by atoms with van der Waals surface area (Å²) in [5.74, 6) is 0. The van der Waals surface area contributed by atoms with E-state index in [0.29, 0.717) is 10.7 Å². The van der Waals surface area contributed by atoms with Crippen LogP contribution in [0, 0.1) is 0 Å². The van der Waals surface area contributed by atoms with E-state index < -0.39 is 16.7 Å². The summed E-state index contributed by atoms with van der Waals surface area (Å²) in [7, 11) is 0. The number of nitrogens with one attached hydrogen (secondary N) is 1. The van der Waals surface area contributed by atoms with Gasteiger partial charge in [-0.3, -0.25) is 9.78 Å². The molecule has 0 saturated heterocycles. The van der Waals surface area contributed by atoms with Gasteiger partial charge < -0.3 is 5.73 Å². The van der Waals surface area contributed by atoms with E-state index in [1.54, 1.807) is 12.1 Å². The summed E-state index contributed by atoms with van der Waals surface area (Å²) in [5, 5.41) is 3.87. The topological polar surface area (TPSA) is 93.8 Å². The lowest BCUT2D eigenvalue weighted by Crippen LogP contribution is -2.39. The number of fused-ring (bicyclic) bond motifs is 1. The molecule has 3 aromatic rings. The van der Waals surface area contributed by atoms with Gasteiger partial charge in [0.1, 0.15) is 6.20 Å². The molecule has 0 amide bonds.